The zero-order valence-electron chi connectivity index (χ0n) is 11.9. The van der Waals surface area contributed by atoms with E-state index in [0.29, 0.717) is 23.2 Å². The minimum atomic E-state index is -0.0321. The SMILES string of the molecule is COc1ccccc1NC(=O)CNCC1CCCCS1. The molecule has 4 nitrogen and oxygen atoms in total. The molecule has 1 amide bonds. The highest BCUT2D eigenvalue weighted by atomic mass is 32.2. The Hall–Kier alpha value is -1.20. The van der Waals surface area contributed by atoms with Crippen LogP contribution in [0.1, 0.15) is 19.3 Å². The first-order chi connectivity index (χ1) is 9.79. The van der Waals surface area contributed by atoms with Crippen molar-refractivity contribution in [2.45, 2.75) is 24.5 Å². The number of carbonyl (C=O) groups excluding carboxylic acids is 1. The Labute approximate surface area is 124 Å². The van der Waals surface area contributed by atoms with Gasteiger partial charge in [-0.2, -0.15) is 11.8 Å². The Balaban J connectivity index is 1.72. The fourth-order valence-electron chi connectivity index (χ4n) is 2.26. The van der Waals surface area contributed by atoms with E-state index in [2.05, 4.69) is 10.6 Å². The molecule has 5 heteroatoms. The van der Waals surface area contributed by atoms with E-state index in [1.54, 1.807) is 7.11 Å². The number of rotatable bonds is 6. The molecule has 0 spiro atoms. The molecule has 1 saturated heterocycles. The van der Waals surface area contributed by atoms with Crippen molar-refractivity contribution in [2.75, 3.05) is 31.3 Å². The number of nitrogens with one attached hydrogen (secondary N) is 2. The van der Waals surface area contributed by atoms with Gasteiger partial charge in [-0.15, -0.1) is 0 Å². The highest BCUT2D eigenvalue weighted by Crippen LogP contribution is 2.24. The van der Waals surface area contributed by atoms with Crippen LogP contribution in [0, 0.1) is 0 Å². The van der Waals surface area contributed by atoms with E-state index in [9.17, 15) is 4.79 Å². The molecule has 2 N–H and O–H groups in total. The number of ether oxygens (including phenoxy) is 1. The van der Waals surface area contributed by atoms with Gasteiger partial charge in [-0.25, -0.2) is 0 Å². The number of hydrogen-bond donors (Lipinski definition) is 2. The molecule has 1 atom stereocenters. The molecule has 0 aliphatic carbocycles. The highest BCUT2D eigenvalue weighted by Gasteiger charge is 2.14. The molecule has 0 aromatic heterocycles. The van der Waals surface area contributed by atoms with Crippen LogP contribution in [-0.4, -0.2) is 37.1 Å². The second-order valence-corrected chi connectivity index (χ2v) is 6.28. The quantitative estimate of drug-likeness (QED) is 0.846. The van der Waals surface area contributed by atoms with Crippen molar-refractivity contribution in [1.82, 2.24) is 5.32 Å². The van der Waals surface area contributed by atoms with Crippen molar-refractivity contribution in [3.8, 4) is 5.75 Å². The van der Waals surface area contributed by atoms with Gasteiger partial charge in [0.2, 0.25) is 5.91 Å². The van der Waals surface area contributed by atoms with Crippen LogP contribution in [0.3, 0.4) is 0 Å². The van der Waals surface area contributed by atoms with Gasteiger partial charge in [0.15, 0.2) is 0 Å². The molecule has 2 rings (SSSR count). The lowest BCUT2D eigenvalue weighted by Gasteiger charge is -2.21. The standard InChI is InChI=1S/C15H22N2O2S/c1-19-14-8-3-2-7-13(14)17-15(18)11-16-10-12-6-4-5-9-20-12/h2-3,7-8,12,16H,4-6,9-11H2,1H3,(H,17,18). The molecule has 110 valence electrons. The highest BCUT2D eigenvalue weighted by molar-refractivity contribution is 7.99. The maximum atomic E-state index is 11.9. The molecular weight excluding hydrogens is 272 g/mol. The molecule has 0 radical (unpaired) electrons. The molecule has 1 aliphatic heterocycles. The van der Waals surface area contributed by atoms with Crippen LogP contribution in [0.2, 0.25) is 0 Å². The molecule has 1 aliphatic rings. The van der Waals surface area contributed by atoms with Crippen molar-refractivity contribution < 1.29 is 9.53 Å². The van der Waals surface area contributed by atoms with Gasteiger partial charge >= 0.3 is 0 Å². The second kappa shape index (κ2) is 8.17. The lowest BCUT2D eigenvalue weighted by atomic mass is 10.2. The van der Waals surface area contributed by atoms with Crippen molar-refractivity contribution in [3.63, 3.8) is 0 Å². The summed E-state index contributed by atoms with van der Waals surface area (Å²) < 4.78 is 5.21. The topological polar surface area (TPSA) is 50.4 Å². The molecular formula is C15H22N2O2S. The summed E-state index contributed by atoms with van der Waals surface area (Å²) >= 11 is 2.01. The summed E-state index contributed by atoms with van der Waals surface area (Å²) in [4.78, 5) is 11.9. The number of methoxy groups -OCH3 is 1. The maximum Gasteiger partial charge on any atom is 0.238 e. The van der Waals surface area contributed by atoms with Crippen LogP contribution in [0.25, 0.3) is 0 Å². The van der Waals surface area contributed by atoms with Crippen molar-refractivity contribution >= 4 is 23.4 Å². The van der Waals surface area contributed by atoms with Gasteiger partial charge in [-0.05, 0) is 30.7 Å². The lowest BCUT2D eigenvalue weighted by molar-refractivity contribution is -0.115. The van der Waals surface area contributed by atoms with Crippen molar-refractivity contribution in [2.24, 2.45) is 0 Å². The molecule has 1 aromatic rings. The summed E-state index contributed by atoms with van der Waals surface area (Å²) in [5, 5.41) is 6.76. The summed E-state index contributed by atoms with van der Waals surface area (Å²) in [7, 11) is 1.60. The van der Waals surface area contributed by atoms with Crippen LogP contribution in [0.5, 0.6) is 5.75 Å². The van der Waals surface area contributed by atoms with E-state index in [-0.39, 0.29) is 5.91 Å². The zero-order valence-corrected chi connectivity index (χ0v) is 12.7. The Morgan fingerprint density at radius 3 is 3.00 bits per heavy atom. The van der Waals surface area contributed by atoms with E-state index in [1.807, 2.05) is 36.0 Å². The predicted octanol–water partition coefficient (Wildman–Crippen LogP) is 2.51. The Morgan fingerprint density at radius 1 is 1.40 bits per heavy atom. The Bertz CT molecular complexity index is 434. The minimum absolute atomic E-state index is 0.0321. The maximum absolute atomic E-state index is 11.9. The summed E-state index contributed by atoms with van der Waals surface area (Å²) in [5.41, 5.74) is 0.717. The molecule has 0 bridgehead atoms. The number of para-hydroxylation sites is 2. The third-order valence-corrected chi connectivity index (χ3v) is 4.71. The van der Waals surface area contributed by atoms with Crippen LogP contribution < -0.4 is 15.4 Å². The van der Waals surface area contributed by atoms with Crippen molar-refractivity contribution in [1.29, 1.82) is 0 Å². The molecule has 0 saturated carbocycles. The van der Waals surface area contributed by atoms with Gasteiger partial charge in [0.1, 0.15) is 5.75 Å². The van der Waals surface area contributed by atoms with Gasteiger partial charge in [0, 0.05) is 11.8 Å². The predicted molar refractivity (Wildman–Crippen MR) is 84.6 cm³/mol. The van der Waals surface area contributed by atoms with E-state index in [0.717, 1.165) is 6.54 Å². The molecule has 1 fully saturated rings. The summed E-state index contributed by atoms with van der Waals surface area (Å²) in [5.74, 6) is 1.90. The van der Waals surface area contributed by atoms with Crippen LogP contribution in [0.15, 0.2) is 24.3 Å². The fraction of sp³-hybridized carbons (Fsp3) is 0.533. The van der Waals surface area contributed by atoms with E-state index in [4.69, 9.17) is 4.74 Å². The normalized spacial score (nSPS) is 18.6. The smallest absolute Gasteiger partial charge is 0.238 e. The number of amides is 1. The summed E-state index contributed by atoms with van der Waals surface area (Å²) in [6, 6.07) is 7.44. The number of thioether (sulfide) groups is 1. The first-order valence-electron chi connectivity index (χ1n) is 7.05. The third-order valence-electron chi connectivity index (χ3n) is 3.31. The number of carbonyl (C=O) groups is 1. The molecule has 1 aromatic carbocycles. The average Bonchev–Trinajstić information content (AvgIpc) is 2.49. The zero-order chi connectivity index (χ0) is 14.2. The second-order valence-electron chi connectivity index (χ2n) is 4.87. The fourth-order valence-corrected chi connectivity index (χ4v) is 3.53. The molecule has 1 unspecified atom stereocenters. The van der Waals surface area contributed by atoms with Gasteiger partial charge in [0.05, 0.1) is 19.3 Å². The first-order valence-corrected chi connectivity index (χ1v) is 8.09. The summed E-state index contributed by atoms with van der Waals surface area (Å²) in [6.07, 6.45) is 3.90. The Morgan fingerprint density at radius 2 is 2.25 bits per heavy atom. The molecule has 1 heterocycles. The first kappa shape index (κ1) is 15.2. The number of anilines is 1. The van der Waals surface area contributed by atoms with E-state index in [1.165, 1.54) is 25.0 Å². The summed E-state index contributed by atoms with van der Waals surface area (Å²) in [6.45, 7) is 1.25. The van der Waals surface area contributed by atoms with Gasteiger partial charge in [-0.1, -0.05) is 18.6 Å². The van der Waals surface area contributed by atoms with Gasteiger partial charge in [0.25, 0.3) is 0 Å². The minimum Gasteiger partial charge on any atom is -0.495 e. The lowest BCUT2D eigenvalue weighted by Crippen LogP contribution is -2.33. The van der Waals surface area contributed by atoms with Gasteiger partial charge in [-0.3, -0.25) is 4.79 Å². The average molecular weight is 294 g/mol. The van der Waals surface area contributed by atoms with Crippen molar-refractivity contribution in [3.05, 3.63) is 24.3 Å². The Kier molecular flexibility index (Phi) is 6.21. The molecule has 20 heavy (non-hydrogen) atoms. The largest absolute Gasteiger partial charge is 0.495 e. The third kappa shape index (κ3) is 4.72. The van der Waals surface area contributed by atoms with Crippen LogP contribution in [-0.2, 0) is 4.79 Å². The van der Waals surface area contributed by atoms with E-state index >= 15 is 0 Å². The number of benzene rings is 1. The van der Waals surface area contributed by atoms with E-state index < -0.39 is 0 Å². The number of hydrogen-bond acceptors (Lipinski definition) is 4. The van der Waals surface area contributed by atoms with Crippen LogP contribution in [0.4, 0.5) is 5.69 Å². The monoisotopic (exact) mass is 294 g/mol. The van der Waals surface area contributed by atoms with Crippen LogP contribution >= 0.6 is 11.8 Å². The van der Waals surface area contributed by atoms with Gasteiger partial charge < -0.3 is 15.4 Å².